The summed E-state index contributed by atoms with van der Waals surface area (Å²) >= 11 is 6.45. The molecule has 7 nitrogen and oxygen atoms in total. The van der Waals surface area contributed by atoms with Crippen molar-refractivity contribution in [2.24, 2.45) is 0 Å². The molecule has 2 aromatic rings. The zero-order chi connectivity index (χ0) is 26.7. The maximum Gasteiger partial charge on any atom is 0.255 e. The molecule has 0 saturated carbocycles. The van der Waals surface area contributed by atoms with E-state index in [1.807, 2.05) is 44.2 Å². The molecule has 0 aliphatic carbocycles. The zero-order valence-corrected chi connectivity index (χ0v) is 22.7. The Labute approximate surface area is 220 Å². The maximum absolute atomic E-state index is 13.0. The van der Waals surface area contributed by atoms with Gasteiger partial charge in [-0.15, -0.1) is 0 Å². The summed E-state index contributed by atoms with van der Waals surface area (Å²) in [4.78, 5) is 14.7. The second-order valence-electron chi connectivity index (χ2n) is 9.46. The van der Waals surface area contributed by atoms with Gasteiger partial charge >= 0.3 is 0 Å². The van der Waals surface area contributed by atoms with Gasteiger partial charge in [0.25, 0.3) is 5.91 Å². The topological polar surface area (TPSA) is 94.8 Å². The number of hydrogen-bond donors (Lipinski definition) is 2. The van der Waals surface area contributed by atoms with Crippen LogP contribution in [0.2, 0.25) is 5.02 Å². The first-order valence-electron chi connectivity index (χ1n) is 12.4. The number of nitrogens with zero attached hydrogens (tertiary/aromatic N) is 2. The Morgan fingerprint density at radius 3 is 2.36 bits per heavy atom. The first-order chi connectivity index (χ1) is 17.1. The Balaban J connectivity index is 1.99. The molecule has 2 aromatic carbocycles. The van der Waals surface area contributed by atoms with Gasteiger partial charge in [0.05, 0.1) is 17.7 Å². The van der Waals surface area contributed by atoms with E-state index < -0.39 is 6.10 Å². The quantitative estimate of drug-likeness (QED) is 0.374. The Bertz CT molecular complexity index is 1030. The molecule has 2 rings (SSSR count). The van der Waals surface area contributed by atoms with E-state index in [1.54, 1.807) is 24.1 Å². The molecule has 0 radical (unpaired) electrons. The zero-order valence-electron chi connectivity index (χ0n) is 21.9. The van der Waals surface area contributed by atoms with Crippen molar-refractivity contribution in [3.63, 3.8) is 0 Å². The number of methoxy groups -OCH3 is 1. The summed E-state index contributed by atoms with van der Waals surface area (Å²) in [5.74, 6) is 0.855. The number of amides is 1. The molecule has 36 heavy (non-hydrogen) atoms. The summed E-state index contributed by atoms with van der Waals surface area (Å²) in [6.07, 6.45) is 1.62. The fourth-order valence-corrected chi connectivity index (χ4v) is 4.21. The molecule has 0 spiro atoms. The molecule has 196 valence electrons. The van der Waals surface area contributed by atoms with Gasteiger partial charge in [-0.1, -0.05) is 37.6 Å². The molecule has 0 heterocycles. The summed E-state index contributed by atoms with van der Waals surface area (Å²) in [6.45, 7) is 9.67. The van der Waals surface area contributed by atoms with Gasteiger partial charge in [0.2, 0.25) is 0 Å². The number of nitrogens with one attached hydrogen (secondary N) is 1. The number of carbonyl (C=O) groups is 1. The van der Waals surface area contributed by atoms with Gasteiger partial charge in [0, 0.05) is 25.2 Å². The summed E-state index contributed by atoms with van der Waals surface area (Å²) in [5, 5.41) is 23.6. The highest BCUT2D eigenvalue weighted by molar-refractivity contribution is 6.35. The molecule has 0 fully saturated rings. The van der Waals surface area contributed by atoms with Crippen molar-refractivity contribution < 1.29 is 19.4 Å². The monoisotopic (exact) mass is 515 g/mol. The Morgan fingerprint density at radius 2 is 1.81 bits per heavy atom. The lowest BCUT2D eigenvalue weighted by molar-refractivity contribution is 0.0755. The second-order valence-corrected chi connectivity index (χ2v) is 9.84. The minimum Gasteiger partial charge on any atom is -0.497 e. The normalized spacial score (nSPS) is 12.1. The van der Waals surface area contributed by atoms with Crippen molar-refractivity contribution in [2.45, 2.75) is 58.6 Å². The number of nitriles is 1. The maximum atomic E-state index is 13.0. The number of rotatable bonds is 14. The lowest BCUT2D eigenvalue weighted by Crippen LogP contribution is -2.46. The highest BCUT2D eigenvalue weighted by Crippen LogP contribution is 2.30. The third kappa shape index (κ3) is 8.41. The van der Waals surface area contributed by atoms with Gasteiger partial charge in [-0.3, -0.25) is 4.79 Å². The van der Waals surface area contributed by atoms with Gasteiger partial charge in [0.1, 0.15) is 35.8 Å². The minimum absolute atomic E-state index is 0.0261. The number of benzene rings is 2. The van der Waals surface area contributed by atoms with Crippen LogP contribution in [0.25, 0.3) is 0 Å². The molecule has 0 aromatic heterocycles. The SMILES string of the molecule is CCCN(CCC)C(=O)c1ccc(OCC(O)CNC(C)(C)Cc2ccc(OC)cc2)c(C#N)c1Cl. The number of aliphatic hydroxyl groups is 1. The van der Waals surface area contributed by atoms with E-state index >= 15 is 0 Å². The van der Waals surface area contributed by atoms with E-state index in [0.29, 0.717) is 19.6 Å². The van der Waals surface area contributed by atoms with Crippen LogP contribution >= 0.6 is 11.6 Å². The largest absolute Gasteiger partial charge is 0.497 e. The number of aliphatic hydroxyl groups excluding tert-OH is 1. The van der Waals surface area contributed by atoms with Crippen LogP contribution in [0.3, 0.4) is 0 Å². The van der Waals surface area contributed by atoms with Crippen LogP contribution in [-0.4, -0.2) is 60.9 Å². The van der Waals surface area contributed by atoms with Crippen molar-refractivity contribution in [1.82, 2.24) is 10.2 Å². The molecule has 2 N–H and O–H groups in total. The number of ether oxygens (including phenoxy) is 2. The molecule has 1 atom stereocenters. The smallest absolute Gasteiger partial charge is 0.255 e. The fraction of sp³-hybridized carbons (Fsp3) is 0.500. The molecule has 0 aliphatic rings. The van der Waals surface area contributed by atoms with Gasteiger partial charge in [0.15, 0.2) is 0 Å². The summed E-state index contributed by atoms with van der Waals surface area (Å²) in [7, 11) is 1.64. The van der Waals surface area contributed by atoms with Crippen LogP contribution in [0.15, 0.2) is 36.4 Å². The molecule has 1 amide bonds. The molecule has 0 bridgehead atoms. The van der Waals surface area contributed by atoms with Crippen molar-refractivity contribution >= 4 is 17.5 Å². The standard InChI is InChI=1S/C28H38ClN3O4/c1-6-14-32(15-7-2)27(34)23-12-13-25(24(17-30)26(23)29)36-19-21(33)18-31-28(3,4)16-20-8-10-22(35-5)11-9-20/h8-13,21,31,33H,6-7,14-16,18-19H2,1-5H3. The van der Waals surface area contributed by atoms with E-state index in [4.69, 9.17) is 21.1 Å². The van der Waals surface area contributed by atoms with Crippen molar-refractivity contribution in [3.05, 3.63) is 58.1 Å². The van der Waals surface area contributed by atoms with E-state index in [-0.39, 0.29) is 40.0 Å². The second kappa shape index (κ2) is 14.1. The van der Waals surface area contributed by atoms with Crippen LogP contribution in [-0.2, 0) is 6.42 Å². The number of halogens is 1. The van der Waals surface area contributed by atoms with E-state index in [2.05, 4.69) is 19.2 Å². The van der Waals surface area contributed by atoms with Crippen LogP contribution in [0.4, 0.5) is 0 Å². The van der Waals surface area contributed by atoms with Gasteiger partial charge < -0.3 is 24.8 Å². The average molecular weight is 516 g/mol. The molecule has 0 aliphatic heterocycles. The number of hydrogen-bond acceptors (Lipinski definition) is 6. The molecule has 0 saturated heterocycles. The predicted octanol–water partition coefficient (Wildman–Crippen LogP) is 4.83. The third-order valence-corrected chi connectivity index (χ3v) is 6.17. The van der Waals surface area contributed by atoms with Gasteiger partial charge in [-0.05, 0) is 62.9 Å². The highest BCUT2D eigenvalue weighted by atomic mass is 35.5. The van der Waals surface area contributed by atoms with Gasteiger partial charge in [-0.2, -0.15) is 5.26 Å². The Hall–Kier alpha value is -2.79. The number of carbonyl (C=O) groups excluding carboxylic acids is 1. The molecular weight excluding hydrogens is 478 g/mol. The Morgan fingerprint density at radius 1 is 1.17 bits per heavy atom. The average Bonchev–Trinajstić information content (AvgIpc) is 2.86. The van der Waals surface area contributed by atoms with Crippen LogP contribution in [0.5, 0.6) is 11.5 Å². The van der Waals surface area contributed by atoms with Crippen LogP contribution in [0.1, 0.15) is 62.0 Å². The predicted molar refractivity (Wildman–Crippen MR) is 143 cm³/mol. The van der Waals surface area contributed by atoms with Gasteiger partial charge in [-0.25, -0.2) is 0 Å². The highest BCUT2D eigenvalue weighted by Gasteiger charge is 2.23. The first-order valence-corrected chi connectivity index (χ1v) is 12.7. The minimum atomic E-state index is -0.809. The lowest BCUT2D eigenvalue weighted by atomic mass is 9.94. The van der Waals surface area contributed by atoms with Crippen molar-refractivity contribution in [2.75, 3.05) is 33.4 Å². The summed E-state index contributed by atoms with van der Waals surface area (Å²) < 4.78 is 10.9. The fourth-order valence-electron chi connectivity index (χ4n) is 3.93. The number of β-amino-alcohol motifs (C(OH)–C–C–N with tert-alkyl or cyclic N) is 1. The van der Waals surface area contributed by atoms with Crippen molar-refractivity contribution in [3.8, 4) is 17.6 Å². The molecular formula is C28H38ClN3O4. The lowest BCUT2D eigenvalue weighted by Gasteiger charge is -2.28. The first kappa shape index (κ1) is 29.4. The molecule has 1 unspecified atom stereocenters. The molecule has 8 heteroatoms. The third-order valence-electron chi connectivity index (χ3n) is 5.77. The van der Waals surface area contributed by atoms with E-state index in [9.17, 15) is 15.2 Å². The van der Waals surface area contributed by atoms with Crippen LogP contribution < -0.4 is 14.8 Å². The van der Waals surface area contributed by atoms with Crippen molar-refractivity contribution in [1.29, 1.82) is 5.26 Å². The van der Waals surface area contributed by atoms with Crippen LogP contribution in [0, 0.1) is 11.3 Å². The summed E-state index contributed by atoms with van der Waals surface area (Å²) in [5.41, 5.74) is 1.26. The summed E-state index contributed by atoms with van der Waals surface area (Å²) in [6, 6.07) is 13.1. The Kier molecular flexibility index (Phi) is 11.5. The van der Waals surface area contributed by atoms with E-state index in [0.717, 1.165) is 30.6 Å². The van der Waals surface area contributed by atoms with E-state index in [1.165, 1.54) is 0 Å².